The van der Waals surface area contributed by atoms with Gasteiger partial charge in [0, 0.05) is 25.5 Å². The van der Waals surface area contributed by atoms with E-state index in [0.717, 1.165) is 31.7 Å². The molecule has 1 saturated heterocycles. The van der Waals surface area contributed by atoms with Crippen LogP contribution < -0.4 is 0 Å². The smallest absolute Gasteiger partial charge is 0.257 e. The van der Waals surface area contributed by atoms with E-state index in [1.807, 2.05) is 28.8 Å². The number of hydrogen-bond acceptors (Lipinski definition) is 3. The minimum absolute atomic E-state index is 0.0655. The lowest BCUT2D eigenvalue weighted by atomic mass is 10.0. The predicted octanol–water partition coefficient (Wildman–Crippen LogP) is 2.26. The number of amides is 1. The highest BCUT2D eigenvalue weighted by molar-refractivity contribution is 5.94. The molecule has 1 fully saturated rings. The van der Waals surface area contributed by atoms with E-state index in [1.165, 1.54) is 6.26 Å². The van der Waals surface area contributed by atoms with Crippen LogP contribution in [0.2, 0.25) is 0 Å². The molecule has 1 aliphatic heterocycles. The second-order valence-corrected chi connectivity index (χ2v) is 4.96. The summed E-state index contributed by atoms with van der Waals surface area (Å²) in [6.07, 6.45) is 7.22. The highest BCUT2D eigenvalue weighted by Gasteiger charge is 2.25. The van der Waals surface area contributed by atoms with E-state index >= 15 is 0 Å². The summed E-state index contributed by atoms with van der Waals surface area (Å²) in [6, 6.07) is 4.14. The zero-order chi connectivity index (χ0) is 13.2. The van der Waals surface area contributed by atoms with Crippen LogP contribution in [0.25, 0.3) is 0 Å². The lowest BCUT2D eigenvalue weighted by molar-refractivity contribution is 0.0689. The molecule has 0 aromatic carbocycles. The van der Waals surface area contributed by atoms with Gasteiger partial charge in [-0.1, -0.05) is 0 Å². The molecule has 0 atom stereocenters. The van der Waals surface area contributed by atoms with E-state index in [2.05, 4.69) is 5.10 Å². The summed E-state index contributed by atoms with van der Waals surface area (Å²) in [4.78, 5) is 14.1. The van der Waals surface area contributed by atoms with E-state index in [0.29, 0.717) is 11.6 Å². The molecule has 2 aromatic heterocycles. The van der Waals surface area contributed by atoms with Crippen LogP contribution in [0.15, 0.2) is 35.2 Å². The molecule has 0 spiro atoms. The van der Waals surface area contributed by atoms with Crippen molar-refractivity contribution in [2.24, 2.45) is 0 Å². The first kappa shape index (κ1) is 12.0. The number of carbonyl (C=O) groups is 1. The van der Waals surface area contributed by atoms with Gasteiger partial charge in [0.15, 0.2) is 0 Å². The molecule has 1 aliphatic rings. The largest absolute Gasteiger partial charge is 0.469 e. The molecule has 0 bridgehead atoms. The summed E-state index contributed by atoms with van der Waals surface area (Å²) in [5.74, 6) is 0.838. The van der Waals surface area contributed by atoms with Gasteiger partial charge in [-0.15, -0.1) is 0 Å². The Morgan fingerprint density at radius 3 is 2.79 bits per heavy atom. The first-order valence-corrected chi connectivity index (χ1v) is 6.57. The molecular formula is C14H17N3O2. The lowest BCUT2D eigenvalue weighted by Gasteiger charge is -2.31. The first-order valence-electron chi connectivity index (χ1n) is 6.57. The number of likely N-dealkylation sites (tertiary alicyclic amines) is 1. The van der Waals surface area contributed by atoms with Gasteiger partial charge in [0.1, 0.15) is 12.0 Å². The van der Waals surface area contributed by atoms with E-state index in [9.17, 15) is 4.79 Å². The summed E-state index contributed by atoms with van der Waals surface area (Å²) in [5.41, 5.74) is 0.648. The average molecular weight is 259 g/mol. The fraction of sp³-hybridized carbons (Fsp3) is 0.429. The van der Waals surface area contributed by atoms with Crippen molar-refractivity contribution in [3.63, 3.8) is 0 Å². The number of rotatable bonds is 2. The fourth-order valence-corrected chi connectivity index (χ4v) is 2.57. The molecule has 19 heavy (non-hydrogen) atoms. The van der Waals surface area contributed by atoms with Gasteiger partial charge >= 0.3 is 0 Å². The molecule has 100 valence electrons. The van der Waals surface area contributed by atoms with Crippen molar-refractivity contribution in [1.29, 1.82) is 0 Å². The number of furan rings is 1. The molecule has 5 nitrogen and oxygen atoms in total. The normalized spacial score (nSPS) is 16.8. The number of nitrogens with zero attached hydrogens (tertiary/aromatic N) is 3. The zero-order valence-corrected chi connectivity index (χ0v) is 11.0. The summed E-state index contributed by atoms with van der Waals surface area (Å²) in [7, 11) is 0. The van der Waals surface area contributed by atoms with Gasteiger partial charge in [-0.2, -0.15) is 5.10 Å². The molecule has 3 heterocycles. The number of piperidine rings is 1. The minimum Gasteiger partial charge on any atom is -0.469 e. The van der Waals surface area contributed by atoms with Crippen LogP contribution in [-0.2, 0) is 0 Å². The Hall–Kier alpha value is -2.04. The predicted molar refractivity (Wildman–Crippen MR) is 69.8 cm³/mol. The highest BCUT2D eigenvalue weighted by atomic mass is 16.3. The number of hydrogen-bond donors (Lipinski definition) is 0. The third kappa shape index (κ3) is 2.41. The van der Waals surface area contributed by atoms with Crippen molar-refractivity contribution >= 4 is 5.91 Å². The van der Waals surface area contributed by atoms with Gasteiger partial charge < -0.3 is 9.32 Å². The summed E-state index contributed by atoms with van der Waals surface area (Å²) >= 11 is 0. The van der Waals surface area contributed by atoms with Crippen LogP contribution in [0, 0.1) is 6.92 Å². The quantitative estimate of drug-likeness (QED) is 0.831. The molecule has 5 heteroatoms. The van der Waals surface area contributed by atoms with Gasteiger partial charge in [0.2, 0.25) is 0 Å². The fourth-order valence-electron chi connectivity index (χ4n) is 2.57. The van der Waals surface area contributed by atoms with Crippen molar-refractivity contribution in [2.45, 2.75) is 25.8 Å². The van der Waals surface area contributed by atoms with Crippen LogP contribution in [0.4, 0.5) is 0 Å². The van der Waals surface area contributed by atoms with Crippen molar-refractivity contribution < 1.29 is 9.21 Å². The Labute approximate surface area is 111 Å². The molecule has 3 rings (SSSR count). The van der Waals surface area contributed by atoms with Crippen molar-refractivity contribution in [2.75, 3.05) is 13.1 Å². The monoisotopic (exact) mass is 259 g/mol. The summed E-state index contributed by atoms with van der Waals surface area (Å²) in [6.45, 7) is 3.39. The van der Waals surface area contributed by atoms with Crippen molar-refractivity contribution in [3.8, 4) is 0 Å². The highest BCUT2D eigenvalue weighted by Crippen LogP contribution is 2.23. The second kappa shape index (κ2) is 4.91. The Morgan fingerprint density at radius 2 is 2.21 bits per heavy atom. The van der Waals surface area contributed by atoms with Crippen molar-refractivity contribution in [1.82, 2.24) is 14.7 Å². The maximum Gasteiger partial charge on any atom is 0.257 e. The standard InChI is InChI=1S/C14H17N3O2/c1-11-9-12(10-19-11)14(18)16-7-3-13(4-8-16)17-6-2-5-15-17/h2,5-6,9-10,13H,3-4,7-8H2,1H3. The van der Waals surface area contributed by atoms with Crippen LogP contribution in [0.1, 0.15) is 35.0 Å². The number of carbonyl (C=O) groups excluding carboxylic acids is 1. The Balaban J connectivity index is 1.62. The van der Waals surface area contributed by atoms with Crippen LogP contribution >= 0.6 is 0 Å². The molecule has 2 aromatic rings. The molecule has 0 aliphatic carbocycles. The Morgan fingerprint density at radius 1 is 1.42 bits per heavy atom. The lowest BCUT2D eigenvalue weighted by Crippen LogP contribution is -2.39. The average Bonchev–Trinajstić information content (AvgIpc) is 3.09. The van der Waals surface area contributed by atoms with Gasteiger partial charge in [0.05, 0.1) is 11.6 Å². The van der Waals surface area contributed by atoms with E-state index in [4.69, 9.17) is 4.42 Å². The van der Waals surface area contributed by atoms with Crippen LogP contribution in [0.3, 0.4) is 0 Å². The van der Waals surface area contributed by atoms with E-state index in [1.54, 1.807) is 12.3 Å². The van der Waals surface area contributed by atoms with Crippen molar-refractivity contribution in [3.05, 3.63) is 42.1 Å². The first-order chi connectivity index (χ1) is 9.24. The molecule has 0 radical (unpaired) electrons. The Bertz CT molecular complexity index is 551. The molecule has 0 N–H and O–H groups in total. The topological polar surface area (TPSA) is 51.3 Å². The molecule has 1 amide bonds. The third-order valence-electron chi connectivity index (χ3n) is 3.63. The maximum atomic E-state index is 12.2. The summed E-state index contributed by atoms with van der Waals surface area (Å²) < 4.78 is 7.18. The van der Waals surface area contributed by atoms with Crippen LogP contribution in [0.5, 0.6) is 0 Å². The minimum atomic E-state index is 0.0655. The molecule has 0 saturated carbocycles. The Kier molecular flexibility index (Phi) is 3.11. The molecule has 0 unspecified atom stereocenters. The van der Waals surface area contributed by atoms with E-state index < -0.39 is 0 Å². The number of aryl methyl sites for hydroxylation is 1. The second-order valence-electron chi connectivity index (χ2n) is 4.96. The van der Waals surface area contributed by atoms with Crippen LogP contribution in [-0.4, -0.2) is 33.7 Å². The van der Waals surface area contributed by atoms with Gasteiger partial charge in [0.25, 0.3) is 5.91 Å². The zero-order valence-electron chi connectivity index (χ0n) is 11.0. The van der Waals surface area contributed by atoms with Gasteiger partial charge in [-0.3, -0.25) is 9.48 Å². The van der Waals surface area contributed by atoms with Gasteiger partial charge in [-0.25, -0.2) is 0 Å². The van der Waals surface area contributed by atoms with Gasteiger partial charge in [-0.05, 0) is 31.9 Å². The maximum absolute atomic E-state index is 12.2. The number of aromatic nitrogens is 2. The summed E-state index contributed by atoms with van der Waals surface area (Å²) in [5, 5.41) is 4.27. The molecular weight excluding hydrogens is 242 g/mol. The third-order valence-corrected chi connectivity index (χ3v) is 3.63. The van der Waals surface area contributed by atoms with E-state index in [-0.39, 0.29) is 5.91 Å². The SMILES string of the molecule is Cc1cc(C(=O)N2CCC(n3cccn3)CC2)co1.